The molecule has 2 rings (SSSR count). The Labute approximate surface area is 119 Å². The molecule has 20 heavy (non-hydrogen) atoms. The molecule has 0 spiro atoms. The smallest absolute Gasteiger partial charge is 0.239 e. The quantitative estimate of drug-likeness (QED) is 0.817. The largest absolute Gasteiger partial charge is 0.488 e. The van der Waals surface area contributed by atoms with E-state index in [1.165, 1.54) is 5.56 Å². The van der Waals surface area contributed by atoms with Crippen molar-refractivity contribution in [1.29, 1.82) is 0 Å². The van der Waals surface area contributed by atoms with E-state index in [1.807, 2.05) is 17.0 Å². The maximum atomic E-state index is 12.1. The maximum Gasteiger partial charge on any atom is 0.239 e. The number of hydrogen-bond donors (Lipinski definition) is 0. The van der Waals surface area contributed by atoms with Crippen LogP contribution in [-0.2, 0) is 5.41 Å². The lowest BCUT2D eigenvalue weighted by atomic mass is 9.87. The van der Waals surface area contributed by atoms with Crippen LogP contribution >= 0.6 is 0 Å². The average molecular weight is 283 g/mol. The first kappa shape index (κ1) is 15.2. The van der Waals surface area contributed by atoms with Gasteiger partial charge in [-0.25, -0.2) is 8.78 Å². The number of ether oxygens (including phenoxy) is 1. The van der Waals surface area contributed by atoms with E-state index in [1.54, 1.807) is 0 Å². The Bertz CT molecular complexity index is 419. The minimum atomic E-state index is -2.21. The van der Waals surface area contributed by atoms with Gasteiger partial charge in [0.25, 0.3) is 0 Å². The number of nitrogens with zero attached hydrogens (tertiary/aromatic N) is 1. The first-order valence-electron chi connectivity index (χ1n) is 7.12. The van der Waals surface area contributed by atoms with Crippen LogP contribution in [-0.4, -0.2) is 37.1 Å². The van der Waals surface area contributed by atoms with Crippen molar-refractivity contribution in [1.82, 2.24) is 4.90 Å². The summed E-state index contributed by atoms with van der Waals surface area (Å²) in [6, 6.07) is 8.15. The van der Waals surface area contributed by atoms with Gasteiger partial charge in [0.2, 0.25) is 6.43 Å². The Kier molecular flexibility index (Phi) is 4.63. The zero-order valence-electron chi connectivity index (χ0n) is 12.4. The van der Waals surface area contributed by atoms with E-state index in [2.05, 4.69) is 32.9 Å². The minimum Gasteiger partial charge on any atom is -0.488 e. The van der Waals surface area contributed by atoms with E-state index in [0.29, 0.717) is 6.54 Å². The summed E-state index contributed by atoms with van der Waals surface area (Å²) in [6.45, 7) is 8.48. The first-order chi connectivity index (χ1) is 9.34. The molecule has 0 amide bonds. The van der Waals surface area contributed by atoms with Crippen molar-refractivity contribution in [2.45, 2.75) is 45.1 Å². The molecule has 1 heterocycles. The standard InChI is InChI=1S/C16H23F2NO/c1-16(2,3)12-4-6-13(7-5-12)20-14-10-19(11-14)9-8-15(17)18/h4-7,14-15H,8-11H2,1-3H3. The highest BCUT2D eigenvalue weighted by atomic mass is 19.3. The lowest BCUT2D eigenvalue weighted by molar-refractivity contribution is 0.00713. The number of hydrogen-bond acceptors (Lipinski definition) is 2. The van der Waals surface area contributed by atoms with Gasteiger partial charge in [0, 0.05) is 26.1 Å². The van der Waals surface area contributed by atoms with Crippen LogP contribution in [0, 0.1) is 0 Å². The highest BCUT2D eigenvalue weighted by Gasteiger charge is 2.28. The molecule has 0 bridgehead atoms. The molecule has 1 aliphatic heterocycles. The third kappa shape index (κ3) is 4.17. The molecule has 0 saturated carbocycles. The second kappa shape index (κ2) is 6.08. The summed E-state index contributed by atoms with van der Waals surface area (Å²) in [7, 11) is 0. The van der Waals surface area contributed by atoms with Crippen molar-refractivity contribution in [3.63, 3.8) is 0 Å². The fraction of sp³-hybridized carbons (Fsp3) is 0.625. The average Bonchev–Trinajstić information content (AvgIpc) is 2.31. The molecule has 112 valence electrons. The second-order valence-corrected chi connectivity index (χ2v) is 6.45. The Morgan fingerprint density at radius 2 is 1.80 bits per heavy atom. The molecule has 0 aliphatic carbocycles. The third-order valence-corrected chi connectivity index (χ3v) is 3.61. The van der Waals surface area contributed by atoms with Gasteiger partial charge in [0.05, 0.1) is 0 Å². The minimum absolute atomic E-state index is 0.0486. The second-order valence-electron chi connectivity index (χ2n) is 6.45. The zero-order chi connectivity index (χ0) is 14.8. The van der Waals surface area contributed by atoms with Crippen LogP contribution in [0.1, 0.15) is 32.8 Å². The van der Waals surface area contributed by atoms with Gasteiger partial charge in [-0.1, -0.05) is 32.9 Å². The maximum absolute atomic E-state index is 12.1. The molecule has 0 radical (unpaired) electrons. The van der Waals surface area contributed by atoms with Crippen molar-refractivity contribution >= 4 is 0 Å². The number of benzene rings is 1. The molecule has 0 unspecified atom stereocenters. The molecule has 1 saturated heterocycles. The van der Waals surface area contributed by atoms with Gasteiger partial charge in [-0.15, -0.1) is 0 Å². The van der Waals surface area contributed by atoms with E-state index in [0.717, 1.165) is 18.8 Å². The predicted molar refractivity (Wildman–Crippen MR) is 76.6 cm³/mol. The molecule has 0 aromatic heterocycles. The van der Waals surface area contributed by atoms with Crippen LogP contribution in [0.25, 0.3) is 0 Å². The van der Waals surface area contributed by atoms with E-state index in [9.17, 15) is 8.78 Å². The van der Waals surface area contributed by atoms with Crippen LogP contribution in [0.2, 0.25) is 0 Å². The van der Waals surface area contributed by atoms with Crippen LogP contribution in [0.15, 0.2) is 24.3 Å². The highest BCUT2D eigenvalue weighted by molar-refractivity contribution is 5.31. The van der Waals surface area contributed by atoms with Crippen molar-refractivity contribution in [2.24, 2.45) is 0 Å². The fourth-order valence-electron chi connectivity index (χ4n) is 2.29. The van der Waals surface area contributed by atoms with Crippen molar-refractivity contribution in [2.75, 3.05) is 19.6 Å². The predicted octanol–water partition coefficient (Wildman–Crippen LogP) is 3.70. The molecule has 4 heteroatoms. The van der Waals surface area contributed by atoms with E-state index >= 15 is 0 Å². The summed E-state index contributed by atoms with van der Waals surface area (Å²) in [5, 5.41) is 0. The lowest BCUT2D eigenvalue weighted by Crippen LogP contribution is -2.54. The van der Waals surface area contributed by atoms with Crippen molar-refractivity contribution in [3.8, 4) is 5.75 Å². The number of likely N-dealkylation sites (tertiary alicyclic amines) is 1. The topological polar surface area (TPSA) is 12.5 Å². The molecule has 2 nitrogen and oxygen atoms in total. The van der Waals surface area contributed by atoms with Gasteiger partial charge in [0.1, 0.15) is 11.9 Å². The van der Waals surface area contributed by atoms with Crippen LogP contribution in [0.4, 0.5) is 8.78 Å². The fourth-order valence-corrected chi connectivity index (χ4v) is 2.29. The Balaban J connectivity index is 1.76. The molecular formula is C16H23F2NO. The molecule has 1 aromatic rings. The monoisotopic (exact) mass is 283 g/mol. The van der Waals surface area contributed by atoms with E-state index < -0.39 is 6.43 Å². The normalized spacial score (nSPS) is 17.3. The summed E-state index contributed by atoms with van der Waals surface area (Å²) in [6.07, 6.45) is -2.12. The third-order valence-electron chi connectivity index (χ3n) is 3.61. The number of halogens is 2. The highest BCUT2D eigenvalue weighted by Crippen LogP contribution is 2.25. The molecule has 0 atom stereocenters. The summed E-state index contributed by atoms with van der Waals surface area (Å²) >= 11 is 0. The molecule has 1 aromatic carbocycles. The Morgan fingerprint density at radius 1 is 1.20 bits per heavy atom. The van der Waals surface area contributed by atoms with Gasteiger partial charge in [-0.2, -0.15) is 0 Å². The van der Waals surface area contributed by atoms with Gasteiger partial charge >= 0.3 is 0 Å². The van der Waals surface area contributed by atoms with Crippen LogP contribution in [0.3, 0.4) is 0 Å². The van der Waals surface area contributed by atoms with E-state index in [-0.39, 0.29) is 17.9 Å². The molecule has 1 fully saturated rings. The molecular weight excluding hydrogens is 260 g/mol. The van der Waals surface area contributed by atoms with E-state index in [4.69, 9.17) is 4.74 Å². The summed E-state index contributed by atoms with van der Waals surface area (Å²) in [5.41, 5.74) is 1.41. The Hall–Kier alpha value is -1.16. The van der Waals surface area contributed by atoms with Crippen molar-refractivity contribution in [3.05, 3.63) is 29.8 Å². The van der Waals surface area contributed by atoms with Gasteiger partial charge in [0.15, 0.2) is 0 Å². The Morgan fingerprint density at radius 3 is 2.30 bits per heavy atom. The van der Waals surface area contributed by atoms with Gasteiger partial charge in [-0.05, 0) is 23.1 Å². The lowest BCUT2D eigenvalue weighted by Gasteiger charge is -2.39. The summed E-state index contributed by atoms with van der Waals surface area (Å²) in [4.78, 5) is 2.00. The van der Waals surface area contributed by atoms with Gasteiger partial charge < -0.3 is 4.74 Å². The van der Waals surface area contributed by atoms with Crippen LogP contribution in [0.5, 0.6) is 5.75 Å². The molecule has 1 aliphatic rings. The summed E-state index contributed by atoms with van der Waals surface area (Å²) in [5.74, 6) is 0.858. The molecule has 0 N–H and O–H groups in total. The zero-order valence-corrected chi connectivity index (χ0v) is 12.4. The first-order valence-corrected chi connectivity index (χ1v) is 7.12. The number of rotatable bonds is 5. The van der Waals surface area contributed by atoms with Crippen molar-refractivity contribution < 1.29 is 13.5 Å². The van der Waals surface area contributed by atoms with Gasteiger partial charge in [-0.3, -0.25) is 4.90 Å². The SMILES string of the molecule is CC(C)(C)c1ccc(OC2CN(CCC(F)F)C2)cc1. The number of alkyl halides is 2. The summed E-state index contributed by atoms with van der Waals surface area (Å²) < 4.78 is 30.0. The van der Waals surface area contributed by atoms with Crippen LogP contribution < -0.4 is 4.74 Å².